The highest BCUT2D eigenvalue weighted by molar-refractivity contribution is 8.33. The van der Waals surface area contributed by atoms with Crippen molar-refractivity contribution in [3.05, 3.63) is 0 Å². The van der Waals surface area contributed by atoms with Gasteiger partial charge in [-0.1, -0.05) is 20.8 Å². The van der Waals surface area contributed by atoms with Crippen LogP contribution in [0.3, 0.4) is 0 Å². The summed E-state index contributed by atoms with van der Waals surface area (Å²) in [6.45, 7) is 7.07. The highest BCUT2D eigenvalue weighted by Gasteiger charge is 2.40. The first-order chi connectivity index (χ1) is 7.92. The molecule has 18 heavy (non-hydrogen) atoms. The number of hydrogen-bond donors (Lipinski definition) is 2. The molecule has 0 amide bonds. The quantitative estimate of drug-likeness (QED) is 0.776. The van der Waals surface area contributed by atoms with Crippen molar-refractivity contribution in [2.45, 2.75) is 37.9 Å². The molecule has 1 heterocycles. The van der Waals surface area contributed by atoms with Crippen molar-refractivity contribution in [2.24, 2.45) is 5.92 Å². The lowest BCUT2D eigenvalue weighted by molar-refractivity contribution is -0.0936. The molecule has 0 aromatic rings. The average Bonchev–Trinajstić information content (AvgIpc) is 2.14. The molecule has 0 radical (unpaired) electrons. The molecule has 1 unspecified atom stereocenters. The van der Waals surface area contributed by atoms with Crippen LogP contribution in [0.2, 0.25) is 0 Å². The van der Waals surface area contributed by atoms with E-state index in [4.69, 9.17) is 5.11 Å². The molecule has 1 atom stereocenters. The minimum Gasteiger partial charge on any atom is -0.396 e. The van der Waals surface area contributed by atoms with Gasteiger partial charge in [0.05, 0.1) is 12.5 Å². The number of piperidine rings is 1. The largest absolute Gasteiger partial charge is 0.396 e. The van der Waals surface area contributed by atoms with Gasteiger partial charge in [0.2, 0.25) is 0 Å². The molecule has 0 aromatic heterocycles. The molecule has 0 bridgehead atoms. The Labute approximate surface area is 112 Å². The van der Waals surface area contributed by atoms with Gasteiger partial charge in [-0.15, -0.1) is 0 Å². The molecule has 1 fully saturated rings. The van der Waals surface area contributed by atoms with Crippen molar-refractivity contribution >= 4 is 10.0 Å². The summed E-state index contributed by atoms with van der Waals surface area (Å²) < 4.78 is 25.9. The number of nitrogens with one attached hydrogen (secondary N) is 1. The van der Waals surface area contributed by atoms with E-state index in [1.165, 1.54) is 0 Å². The van der Waals surface area contributed by atoms with Crippen LogP contribution in [0.15, 0.2) is 0 Å². The van der Waals surface area contributed by atoms with E-state index in [2.05, 4.69) is 44.9 Å². The maximum Gasteiger partial charge on any atom is 0.255 e. The first kappa shape index (κ1) is 18.1. The van der Waals surface area contributed by atoms with E-state index < -0.39 is 18.4 Å². The van der Waals surface area contributed by atoms with E-state index in [0.717, 1.165) is 0 Å². The van der Waals surface area contributed by atoms with Gasteiger partial charge in [0.15, 0.2) is 0 Å². The van der Waals surface area contributed by atoms with Gasteiger partial charge in [0.1, 0.15) is 0 Å². The fraction of sp³-hybridized carbons (Fsp3) is 1.00. The molecule has 112 valence electrons. The van der Waals surface area contributed by atoms with Crippen molar-refractivity contribution in [2.75, 3.05) is 38.5 Å². The van der Waals surface area contributed by atoms with Gasteiger partial charge in [0.25, 0.3) is 5.92 Å². The van der Waals surface area contributed by atoms with Crippen molar-refractivity contribution < 1.29 is 13.9 Å². The minimum atomic E-state index is -2.67. The summed E-state index contributed by atoms with van der Waals surface area (Å²) in [4.78, 5) is 0. The topological polar surface area (TPSA) is 32.3 Å². The van der Waals surface area contributed by atoms with E-state index in [-0.39, 0.29) is 23.0 Å². The Morgan fingerprint density at radius 2 is 1.72 bits per heavy atom. The Hall–Kier alpha value is 0.130. The van der Waals surface area contributed by atoms with Crippen LogP contribution >= 0.6 is 10.0 Å². The predicted molar refractivity (Wildman–Crippen MR) is 78.1 cm³/mol. The number of alkyl halides is 2. The highest BCUT2D eigenvalue weighted by Crippen LogP contribution is 2.48. The molecule has 2 nitrogen and oxygen atoms in total. The number of rotatable bonds is 1. The van der Waals surface area contributed by atoms with Gasteiger partial charge in [0, 0.05) is 19.5 Å². The predicted octanol–water partition coefficient (Wildman–Crippen LogP) is 2.70. The molecule has 0 aromatic carbocycles. The summed E-state index contributed by atoms with van der Waals surface area (Å²) in [5.41, 5.74) is 0. The van der Waals surface area contributed by atoms with Crippen molar-refractivity contribution in [3.8, 4) is 0 Å². The van der Waals surface area contributed by atoms with Crippen LogP contribution in [-0.4, -0.2) is 54.2 Å². The summed E-state index contributed by atoms with van der Waals surface area (Å²) in [6.07, 6.45) is 6.91. The van der Waals surface area contributed by atoms with Crippen LogP contribution in [0.4, 0.5) is 8.78 Å². The van der Waals surface area contributed by atoms with E-state index in [0.29, 0.717) is 11.3 Å². The molecule has 1 saturated heterocycles. The maximum absolute atomic E-state index is 12.7. The van der Waals surface area contributed by atoms with E-state index >= 15 is 0 Å². The van der Waals surface area contributed by atoms with E-state index in [9.17, 15) is 8.78 Å². The molecule has 1 aliphatic rings. The highest BCUT2D eigenvalue weighted by atomic mass is 32.3. The third-order valence-electron chi connectivity index (χ3n) is 3.68. The summed E-state index contributed by atoms with van der Waals surface area (Å²) in [5, 5.41) is 11.3. The van der Waals surface area contributed by atoms with Crippen molar-refractivity contribution in [1.82, 2.24) is 5.32 Å². The van der Waals surface area contributed by atoms with Crippen LogP contribution in [0.5, 0.6) is 0 Å². The molecule has 0 spiro atoms. The van der Waals surface area contributed by atoms with Gasteiger partial charge < -0.3 is 10.4 Å². The van der Waals surface area contributed by atoms with Crippen LogP contribution in [-0.2, 0) is 0 Å². The standard InChI is InChI=1S/C7H18S.C6H11F2NO/c1-7(2,3)8(4,5)6;7-6(8)1-2-9-3-5(6)4-10/h1-6H3;5,9-10H,1-4H2. The fourth-order valence-electron chi connectivity index (χ4n) is 1.08. The first-order valence-electron chi connectivity index (χ1n) is 6.29. The molecule has 0 saturated carbocycles. The Morgan fingerprint density at radius 1 is 1.28 bits per heavy atom. The van der Waals surface area contributed by atoms with E-state index in [1.54, 1.807) is 0 Å². The number of halogens is 2. The van der Waals surface area contributed by atoms with Gasteiger partial charge in [-0.3, -0.25) is 0 Å². The van der Waals surface area contributed by atoms with E-state index in [1.807, 2.05) is 0 Å². The summed E-state index contributed by atoms with van der Waals surface area (Å²) >= 11 is 0. The van der Waals surface area contributed by atoms with Crippen LogP contribution in [0.25, 0.3) is 0 Å². The lowest BCUT2D eigenvalue weighted by Crippen LogP contribution is -2.46. The molecule has 1 rings (SSSR count). The second kappa shape index (κ2) is 6.53. The SMILES string of the molecule is CC(C)(C)S(C)(C)C.OCC1CNCCC1(F)F. The summed E-state index contributed by atoms with van der Waals surface area (Å²) in [5.74, 6) is -3.55. The first-order valence-corrected chi connectivity index (χ1v) is 9.15. The maximum atomic E-state index is 12.7. The van der Waals surface area contributed by atoms with Crippen LogP contribution in [0.1, 0.15) is 27.2 Å². The summed E-state index contributed by atoms with van der Waals surface area (Å²) in [7, 11) is -0.340. The normalized spacial score (nSPS) is 25.1. The summed E-state index contributed by atoms with van der Waals surface area (Å²) in [6, 6.07) is 0. The second-order valence-corrected chi connectivity index (χ2v) is 11.4. The van der Waals surface area contributed by atoms with Crippen molar-refractivity contribution in [1.29, 1.82) is 0 Å². The van der Waals surface area contributed by atoms with Gasteiger partial charge >= 0.3 is 0 Å². The van der Waals surface area contributed by atoms with Crippen LogP contribution < -0.4 is 5.32 Å². The number of aliphatic hydroxyl groups excluding tert-OH is 1. The zero-order valence-corrected chi connectivity index (χ0v) is 13.3. The zero-order chi connectivity index (χ0) is 14.6. The molecule has 5 heteroatoms. The average molecular weight is 285 g/mol. The van der Waals surface area contributed by atoms with Gasteiger partial charge in [-0.25, -0.2) is 18.8 Å². The van der Waals surface area contributed by atoms with Crippen LogP contribution in [0, 0.1) is 5.92 Å². The van der Waals surface area contributed by atoms with Gasteiger partial charge in [-0.05, 0) is 23.5 Å². The molecule has 2 N–H and O–H groups in total. The number of aliphatic hydroxyl groups is 1. The second-order valence-electron chi connectivity index (χ2n) is 6.54. The molecule has 1 aliphatic heterocycles. The Balaban J connectivity index is 0.000000331. The minimum absolute atomic E-state index is 0.155. The molecule has 0 aliphatic carbocycles. The smallest absolute Gasteiger partial charge is 0.255 e. The third-order valence-corrected chi connectivity index (χ3v) is 7.35. The number of hydrogen-bond acceptors (Lipinski definition) is 2. The van der Waals surface area contributed by atoms with Gasteiger partial charge in [-0.2, -0.15) is 0 Å². The Morgan fingerprint density at radius 3 is 1.94 bits per heavy atom. The monoisotopic (exact) mass is 285 g/mol. The molecular formula is C13H29F2NOS. The Bertz CT molecular complexity index is 234. The lowest BCUT2D eigenvalue weighted by atomic mass is 9.96. The zero-order valence-electron chi connectivity index (χ0n) is 12.5. The lowest BCUT2D eigenvalue weighted by Gasteiger charge is -2.40. The fourth-order valence-corrected chi connectivity index (χ4v) is 1.08. The Kier molecular flexibility index (Phi) is 6.57. The third kappa shape index (κ3) is 5.85. The van der Waals surface area contributed by atoms with Crippen molar-refractivity contribution in [3.63, 3.8) is 0 Å². The molecular weight excluding hydrogens is 256 g/mol.